The van der Waals surface area contributed by atoms with Gasteiger partial charge in [0.2, 0.25) is 11.1 Å². The highest BCUT2D eigenvalue weighted by Crippen LogP contribution is 2.41. The van der Waals surface area contributed by atoms with Crippen LogP contribution in [0.2, 0.25) is 0 Å². The van der Waals surface area contributed by atoms with E-state index in [2.05, 4.69) is 31.2 Å². The van der Waals surface area contributed by atoms with Gasteiger partial charge in [0.05, 0.1) is 0 Å². The number of aliphatic imine (C=N–C) groups is 1. The summed E-state index contributed by atoms with van der Waals surface area (Å²) in [6.45, 7) is 0. The van der Waals surface area contributed by atoms with Crippen molar-refractivity contribution < 1.29 is 29.4 Å². The molecule has 1 aromatic carbocycles. The molecule has 38 heavy (non-hydrogen) atoms. The minimum Gasteiger partial charge on any atom is -0.508 e. The molecule has 0 radical (unpaired) electrons. The Hall–Kier alpha value is -4.32. The monoisotopic (exact) mass is 562 g/mol. The van der Waals surface area contributed by atoms with E-state index >= 15 is 0 Å². The molecule has 2 aliphatic rings. The lowest BCUT2D eigenvalue weighted by Crippen LogP contribution is -2.71. The number of benzene rings is 1. The van der Waals surface area contributed by atoms with Crippen molar-refractivity contribution in [2.75, 3.05) is 11.5 Å². The highest BCUT2D eigenvalue weighted by atomic mass is 32.2. The normalized spacial score (nSPS) is 19.2. The van der Waals surface area contributed by atoms with Crippen LogP contribution in [0.15, 0.2) is 45.7 Å². The van der Waals surface area contributed by atoms with Gasteiger partial charge >= 0.3 is 12.0 Å². The number of nitrogens with zero attached hydrogens (tertiary/aromatic N) is 6. The lowest BCUT2D eigenvalue weighted by molar-refractivity contribution is -0.150. The third kappa shape index (κ3) is 5.49. The number of thioether (sulfide) groups is 2. The van der Waals surface area contributed by atoms with E-state index in [1.165, 1.54) is 52.5 Å². The number of aryl methyl sites for hydroxylation is 1. The SMILES string of the molecule is Cn1nnnc1SCC1=C(C(=O)O)N2C(=O)C(NC(=O)C(NC(=O)N=C(N)N)c3cccc(O)c3)[C@@H]2SC1. The summed E-state index contributed by atoms with van der Waals surface area (Å²) in [7, 11) is 1.65. The van der Waals surface area contributed by atoms with Crippen LogP contribution in [-0.2, 0) is 21.4 Å². The second-order valence-corrected chi connectivity index (χ2v) is 10.1. The number of nitrogens with one attached hydrogen (secondary N) is 2. The molecule has 8 N–H and O–H groups in total. The number of carbonyl (C=O) groups excluding carboxylic acids is 3. The van der Waals surface area contributed by atoms with Crippen molar-refractivity contribution in [3.8, 4) is 5.75 Å². The van der Waals surface area contributed by atoms with Crippen LogP contribution >= 0.6 is 23.5 Å². The van der Waals surface area contributed by atoms with Crippen LogP contribution in [0.5, 0.6) is 5.75 Å². The largest absolute Gasteiger partial charge is 0.508 e. The number of rotatable bonds is 8. The number of tetrazole rings is 1. The third-order valence-electron chi connectivity index (χ3n) is 5.47. The first kappa shape index (κ1) is 26.7. The molecule has 3 atom stereocenters. The smallest absolute Gasteiger partial charge is 0.352 e. The molecule has 2 unspecified atom stereocenters. The molecular weight excluding hydrogens is 540 g/mol. The van der Waals surface area contributed by atoms with Crippen LogP contribution in [0.4, 0.5) is 4.79 Å². The Morgan fingerprint density at radius 3 is 2.74 bits per heavy atom. The van der Waals surface area contributed by atoms with Gasteiger partial charge in [-0.2, -0.15) is 4.99 Å². The molecule has 3 heterocycles. The number of fused-ring (bicyclic) bond motifs is 1. The molecule has 200 valence electrons. The lowest BCUT2D eigenvalue weighted by Gasteiger charge is -2.49. The minimum absolute atomic E-state index is 0.155. The zero-order valence-electron chi connectivity index (χ0n) is 19.6. The number of carboxylic acid groups (broad SMARTS) is 1. The average molecular weight is 563 g/mol. The van der Waals surface area contributed by atoms with Crippen molar-refractivity contribution >= 4 is 53.3 Å². The number of aromatic nitrogens is 4. The summed E-state index contributed by atoms with van der Waals surface area (Å²) < 4.78 is 1.44. The van der Waals surface area contributed by atoms with Gasteiger partial charge in [-0.15, -0.1) is 16.9 Å². The highest BCUT2D eigenvalue weighted by Gasteiger charge is 2.54. The average Bonchev–Trinajstić information content (AvgIpc) is 3.27. The molecule has 1 fully saturated rings. The zero-order chi connectivity index (χ0) is 27.6. The number of hydrogen-bond donors (Lipinski definition) is 6. The number of amides is 4. The number of phenols is 1. The Morgan fingerprint density at radius 2 is 2.11 bits per heavy atom. The first-order valence-electron chi connectivity index (χ1n) is 10.8. The molecule has 0 aliphatic carbocycles. The number of guanidine groups is 1. The van der Waals surface area contributed by atoms with E-state index < -0.39 is 47.2 Å². The summed E-state index contributed by atoms with van der Waals surface area (Å²) in [6, 6.07) is 2.13. The molecule has 16 nitrogen and oxygen atoms in total. The van der Waals surface area contributed by atoms with Gasteiger partial charge in [-0.3, -0.25) is 14.5 Å². The van der Waals surface area contributed by atoms with Gasteiger partial charge in [-0.05, 0) is 33.7 Å². The first-order valence-corrected chi connectivity index (χ1v) is 12.8. The minimum atomic E-state index is -1.37. The van der Waals surface area contributed by atoms with Crippen LogP contribution in [0.1, 0.15) is 11.6 Å². The van der Waals surface area contributed by atoms with Crippen LogP contribution in [0.3, 0.4) is 0 Å². The number of aromatic hydroxyl groups is 1. The lowest BCUT2D eigenvalue weighted by atomic mass is 10.0. The predicted molar refractivity (Wildman–Crippen MR) is 134 cm³/mol. The predicted octanol–water partition coefficient (Wildman–Crippen LogP) is -1.53. The molecule has 0 spiro atoms. The van der Waals surface area contributed by atoms with E-state index in [9.17, 15) is 29.4 Å². The van der Waals surface area contributed by atoms with Crippen molar-refractivity contribution in [1.82, 2.24) is 35.7 Å². The maximum Gasteiger partial charge on any atom is 0.352 e. The van der Waals surface area contributed by atoms with Crippen LogP contribution in [0.25, 0.3) is 0 Å². The molecule has 1 saturated heterocycles. The fourth-order valence-corrected chi connectivity index (χ4v) is 6.14. The molecule has 2 aromatic rings. The number of urea groups is 1. The number of aliphatic carboxylic acids is 1. The quantitative estimate of drug-likeness (QED) is 0.0926. The fourth-order valence-electron chi connectivity index (χ4n) is 3.80. The van der Waals surface area contributed by atoms with E-state index in [0.717, 1.165) is 4.90 Å². The molecular formula is C20H22N10O6S2. The fraction of sp³-hybridized carbons (Fsp3) is 0.300. The maximum absolute atomic E-state index is 13.2. The van der Waals surface area contributed by atoms with E-state index in [-0.39, 0.29) is 28.5 Å². The van der Waals surface area contributed by atoms with Crippen molar-refractivity contribution in [3.05, 3.63) is 41.1 Å². The topological polar surface area (TPSA) is 244 Å². The van der Waals surface area contributed by atoms with E-state index in [1.807, 2.05) is 0 Å². The van der Waals surface area contributed by atoms with Gasteiger partial charge in [-0.1, -0.05) is 23.9 Å². The second kappa shape index (κ2) is 11.0. The van der Waals surface area contributed by atoms with Crippen molar-refractivity contribution in [1.29, 1.82) is 0 Å². The molecule has 0 saturated carbocycles. The summed E-state index contributed by atoms with van der Waals surface area (Å²) >= 11 is 2.51. The Kier molecular flexibility index (Phi) is 7.72. The van der Waals surface area contributed by atoms with E-state index in [1.54, 1.807) is 7.05 Å². The molecule has 2 aliphatic heterocycles. The Bertz CT molecular complexity index is 1360. The van der Waals surface area contributed by atoms with Gasteiger partial charge in [-0.25, -0.2) is 14.3 Å². The van der Waals surface area contributed by atoms with Crippen molar-refractivity contribution in [3.63, 3.8) is 0 Å². The Balaban J connectivity index is 1.51. The van der Waals surface area contributed by atoms with Crippen LogP contribution in [-0.4, -0.2) is 88.0 Å². The molecule has 4 amide bonds. The number of β-lactam (4-membered cyclic amide) rings is 1. The third-order valence-corrected chi connectivity index (χ3v) is 7.91. The number of carboxylic acids is 1. The van der Waals surface area contributed by atoms with Crippen molar-refractivity contribution in [2.24, 2.45) is 23.5 Å². The molecule has 4 rings (SSSR count). The number of carbonyl (C=O) groups is 4. The summed E-state index contributed by atoms with van der Waals surface area (Å²) in [5.74, 6) is -2.85. The van der Waals surface area contributed by atoms with E-state index in [4.69, 9.17) is 11.5 Å². The van der Waals surface area contributed by atoms with Crippen LogP contribution in [0, 0.1) is 0 Å². The standard InChI is InChI=1S/C20H22N10O6S2/c1-29-20(26-27-28-29)38-7-9-6-37-16-12(15(33)30(16)13(9)17(34)35)23-14(32)11(24-19(36)25-18(21)22)8-3-2-4-10(31)5-8/h2-5,11-12,16,31H,6-7H2,1H3,(H,23,32)(H,34,35)(H5,21,22,24,25,36)/t11?,12?,16-/m0/s1. The maximum atomic E-state index is 13.2. The summed E-state index contributed by atoms with van der Waals surface area (Å²) in [6.07, 6.45) is 0. The molecule has 1 aromatic heterocycles. The van der Waals surface area contributed by atoms with Gasteiger partial charge in [0, 0.05) is 18.6 Å². The number of hydrogen-bond acceptors (Lipinski definition) is 10. The highest BCUT2D eigenvalue weighted by molar-refractivity contribution is 8.01. The zero-order valence-corrected chi connectivity index (χ0v) is 21.3. The summed E-state index contributed by atoms with van der Waals surface area (Å²) in [4.78, 5) is 54.9. The van der Waals surface area contributed by atoms with Gasteiger partial charge < -0.3 is 32.3 Å². The Morgan fingerprint density at radius 1 is 1.34 bits per heavy atom. The van der Waals surface area contributed by atoms with Gasteiger partial charge in [0.15, 0.2) is 5.96 Å². The second-order valence-electron chi connectivity index (χ2n) is 8.04. The van der Waals surface area contributed by atoms with Gasteiger partial charge in [0.1, 0.15) is 28.9 Å². The first-order chi connectivity index (χ1) is 18.1. The number of nitrogens with two attached hydrogens (primary N) is 2. The number of phenolic OH excluding ortho intramolecular Hbond substituents is 1. The summed E-state index contributed by atoms with van der Waals surface area (Å²) in [5, 5.41) is 35.5. The molecule has 0 bridgehead atoms. The van der Waals surface area contributed by atoms with Gasteiger partial charge in [0.25, 0.3) is 5.91 Å². The molecule has 18 heteroatoms. The summed E-state index contributed by atoms with van der Waals surface area (Å²) in [5.41, 5.74) is 11.0. The van der Waals surface area contributed by atoms with Crippen molar-refractivity contribution in [2.45, 2.75) is 22.6 Å². The Labute approximate surface area is 222 Å². The van der Waals surface area contributed by atoms with E-state index in [0.29, 0.717) is 10.7 Å². The van der Waals surface area contributed by atoms with Crippen LogP contribution < -0.4 is 22.1 Å².